The van der Waals surface area contributed by atoms with Crippen LogP contribution in [0.3, 0.4) is 0 Å². The molecule has 0 aliphatic rings. The first-order valence-electron chi connectivity index (χ1n) is 8.41. The first-order chi connectivity index (χ1) is 12.9. The molecule has 2 N–H and O–H groups in total. The Morgan fingerprint density at radius 1 is 1.04 bits per heavy atom. The second-order valence-corrected chi connectivity index (χ2v) is 6.18. The predicted molar refractivity (Wildman–Crippen MR) is 102 cm³/mol. The van der Waals surface area contributed by atoms with Gasteiger partial charge in [0.25, 0.3) is 5.91 Å². The number of rotatable bonds is 6. The van der Waals surface area contributed by atoms with Gasteiger partial charge >= 0.3 is 0 Å². The summed E-state index contributed by atoms with van der Waals surface area (Å²) in [5.41, 5.74) is 9.26. The van der Waals surface area contributed by atoms with E-state index in [4.69, 9.17) is 15.2 Å². The molecule has 1 aromatic heterocycles. The van der Waals surface area contributed by atoms with E-state index in [0.717, 1.165) is 22.5 Å². The quantitative estimate of drug-likeness (QED) is 0.720. The topological polar surface area (TPSA) is 66.5 Å². The lowest BCUT2D eigenvalue weighted by molar-refractivity contribution is 0.0999. The lowest BCUT2D eigenvalue weighted by Gasteiger charge is -2.14. The molecule has 0 radical (unpaired) electrons. The second-order valence-electron chi connectivity index (χ2n) is 6.18. The zero-order valence-electron chi connectivity index (χ0n) is 15.5. The molecule has 0 aliphatic carbocycles. The summed E-state index contributed by atoms with van der Waals surface area (Å²) in [7, 11) is 3.16. The number of halogens is 1. The summed E-state index contributed by atoms with van der Waals surface area (Å²) in [5.74, 6) is 0.450. The Kier molecular flexibility index (Phi) is 5.16. The number of ether oxygens (including phenoxy) is 2. The Balaban J connectivity index is 2.08. The molecule has 140 valence electrons. The van der Waals surface area contributed by atoms with E-state index in [2.05, 4.69) is 0 Å². The average Bonchev–Trinajstić information content (AvgIpc) is 2.99. The fourth-order valence-electron chi connectivity index (χ4n) is 3.12. The fourth-order valence-corrected chi connectivity index (χ4v) is 3.12. The Morgan fingerprint density at radius 3 is 2.30 bits per heavy atom. The summed E-state index contributed by atoms with van der Waals surface area (Å²) in [6.07, 6.45) is 0. The third-order valence-electron chi connectivity index (χ3n) is 4.56. The van der Waals surface area contributed by atoms with Crippen molar-refractivity contribution in [2.45, 2.75) is 13.5 Å². The molecule has 0 unspecified atom stereocenters. The highest BCUT2D eigenvalue weighted by molar-refractivity contribution is 5.95. The Hall–Kier alpha value is -3.28. The molecule has 2 aromatic carbocycles. The van der Waals surface area contributed by atoms with Crippen molar-refractivity contribution in [2.24, 2.45) is 5.73 Å². The van der Waals surface area contributed by atoms with E-state index in [0.29, 0.717) is 23.6 Å². The summed E-state index contributed by atoms with van der Waals surface area (Å²) in [6, 6.07) is 13.5. The van der Waals surface area contributed by atoms with Gasteiger partial charge in [0.2, 0.25) is 0 Å². The maximum absolute atomic E-state index is 13.3. The van der Waals surface area contributed by atoms with Crippen molar-refractivity contribution in [3.8, 4) is 22.8 Å². The van der Waals surface area contributed by atoms with E-state index in [-0.39, 0.29) is 5.82 Å². The largest absolute Gasteiger partial charge is 0.493 e. The number of amides is 1. The van der Waals surface area contributed by atoms with Crippen molar-refractivity contribution in [1.29, 1.82) is 0 Å². The molecule has 3 rings (SSSR count). The molecule has 0 saturated heterocycles. The molecule has 0 fully saturated rings. The maximum atomic E-state index is 13.3. The highest BCUT2D eigenvalue weighted by Gasteiger charge is 2.17. The van der Waals surface area contributed by atoms with E-state index in [1.807, 2.05) is 29.7 Å². The fraction of sp³-hybridized carbons (Fsp3) is 0.190. The number of hydrogen-bond acceptors (Lipinski definition) is 3. The van der Waals surface area contributed by atoms with Gasteiger partial charge in [-0.05, 0) is 60.5 Å². The molecule has 0 bridgehead atoms. The first kappa shape index (κ1) is 18.5. The van der Waals surface area contributed by atoms with Crippen LogP contribution in [0.2, 0.25) is 0 Å². The Labute approximate surface area is 157 Å². The van der Waals surface area contributed by atoms with Crippen molar-refractivity contribution < 1.29 is 18.7 Å². The van der Waals surface area contributed by atoms with Crippen LogP contribution in [0.5, 0.6) is 11.5 Å². The molecule has 0 saturated carbocycles. The van der Waals surface area contributed by atoms with Gasteiger partial charge in [0, 0.05) is 17.9 Å². The summed E-state index contributed by atoms with van der Waals surface area (Å²) in [6.45, 7) is 2.33. The van der Waals surface area contributed by atoms with Crippen molar-refractivity contribution in [3.05, 3.63) is 71.2 Å². The van der Waals surface area contributed by atoms with Crippen molar-refractivity contribution in [2.75, 3.05) is 14.2 Å². The summed E-state index contributed by atoms with van der Waals surface area (Å²) in [4.78, 5) is 11.8. The maximum Gasteiger partial charge on any atom is 0.250 e. The van der Waals surface area contributed by atoms with E-state index in [1.165, 1.54) is 12.1 Å². The predicted octanol–water partition coefficient (Wildman–Crippen LogP) is 3.77. The molecule has 0 aliphatic heterocycles. The van der Waals surface area contributed by atoms with Gasteiger partial charge in [-0.3, -0.25) is 4.79 Å². The van der Waals surface area contributed by atoms with Gasteiger partial charge in [0.1, 0.15) is 5.82 Å². The van der Waals surface area contributed by atoms with E-state index >= 15 is 0 Å². The van der Waals surface area contributed by atoms with Crippen molar-refractivity contribution in [1.82, 2.24) is 4.57 Å². The molecule has 1 amide bonds. The number of aromatic nitrogens is 1. The van der Waals surface area contributed by atoms with Crippen LogP contribution in [0.4, 0.5) is 4.39 Å². The highest BCUT2D eigenvalue weighted by atomic mass is 19.1. The molecule has 1 heterocycles. The number of nitrogens with zero attached hydrogens (tertiary/aromatic N) is 1. The van der Waals surface area contributed by atoms with Crippen LogP contribution >= 0.6 is 0 Å². The SMILES string of the molecule is COc1ccc(Cn2c(-c3ccc(F)cc3)cc(C(N)=O)c2C)cc1OC. The summed E-state index contributed by atoms with van der Waals surface area (Å²) >= 11 is 0. The minimum atomic E-state index is -0.498. The molecular weight excluding hydrogens is 347 g/mol. The zero-order valence-corrected chi connectivity index (χ0v) is 15.5. The number of hydrogen-bond donors (Lipinski definition) is 1. The number of methoxy groups -OCH3 is 2. The van der Waals surface area contributed by atoms with Crippen LogP contribution in [-0.2, 0) is 6.54 Å². The average molecular weight is 368 g/mol. The molecule has 27 heavy (non-hydrogen) atoms. The van der Waals surface area contributed by atoms with Gasteiger partial charge in [0.05, 0.1) is 19.8 Å². The minimum absolute atomic E-state index is 0.316. The minimum Gasteiger partial charge on any atom is -0.493 e. The van der Waals surface area contributed by atoms with E-state index in [9.17, 15) is 9.18 Å². The first-order valence-corrected chi connectivity index (χ1v) is 8.41. The van der Waals surface area contributed by atoms with Crippen molar-refractivity contribution in [3.63, 3.8) is 0 Å². The normalized spacial score (nSPS) is 10.7. The van der Waals surface area contributed by atoms with Crippen LogP contribution in [0.15, 0.2) is 48.5 Å². The Bertz CT molecular complexity index is 978. The molecule has 6 heteroatoms. The van der Waals surface area contributed by atoms with Gasteiger partial charge in [-0.15, -0.1) is 0 Å². The van der Waals surface area contributed by atoms with Crippen LogP contribution in [0, 0.1) is 12.7 Å². The monoisotopic (exact) mass is 368 g/mol. The molecule has 3 aromatic rings. The third kappa shape index (κ3) is 3.65. The van der Waals surface area contributed by atoms with Crippen LogP contribution < -0.4 is 15.2 Å². The second kappa shape index (κ2) is 7.53. The molecule has 5 nitrogen and oxygen atoms in total. The molecule has 0 spiro atoms. The third-order valence-corrected chi connectivity index (χ3v) is 4.56. The molecule has 0 atom stereocenters. The van der Waals surface area contributed by atoms with E-state index in [1.54, 1.807) is 32.4 Å². The lowest BCUT2D eigenvalue weighted by atomic mass is 10.1. The highest BCUT2D eigenvalue weighted by Crippen LogP contribution is 2.31. The van der Waals surface area contributed by atoms with Crippen LogP contribution in [0.1, 0.15) is 21.6 Å². The number of carbonyl (C=O) groups is 1. The summed E-state index contributed by atoms with van der Waals surface area (Å²) < 4.78 is 25.9. The van der Waals surface area contributed by atoms with Gasteiger partial charge in [-0.2, -0.15) is 0 Å². The molecular formula is C21H21FN2O3. The van der Waals surface area contributed by atoms with Gasteiger partial charge in [-0.25, -0.2) is 4.39 Å². The standard InChI is InChI=1S/C21H21FN2O3/c1-13-17(21(23)25)11-18(15-5-7-16(22)8-6-15)24(13)12-14-4-9-19(26-2)20(10-14)27-3/h4-11H,12H2,1-3H3,(H2,23,25). The number of benzene rings is 2. The van der Waals surface area contributed by atoms with Crippen LogP contribution in [0.25, 0.3) is 11.3 Å². The van der Waals surface area contributed by atoms with Gasteiger partial charge in [-0.1, -0.05) is 6.07 Å². The summed E-state index contributed by atoms with van der Waals surface area (Å²) in [5, 5.41) is 0. The Morgan fingerprint density at radius 2 is 1.70 bits per heavy atom. The lowest BCUT2D eigenvalue weighted by Crippen LogP contribution is -2.12. The smallest absolute Gasteiger partial charge is 0.250 e. The van der Waals surface area contributed by atoms with E-state index < -0.39 is 5.91 Å². The van der Waals surface area contributed by atoms with Crippen molar-refractivity contribution >= 4 is 5.91 Å². The van der Waals surface area contributed by atoms with Gasteiger partial charge in [0.15, 0.2) is 11.5 Å². The number of primary amides is 1. The number of carbonyl (C=O) groups excluding carboxylic acids is 1. The zero-order chi connectivity index (χ0) is 19.6. The van der Waals surface area contributed by atoms with Crippen LogP contribution in [-0.4, -0.2) is 24.7 Å². The van der Waals surface area contributed by atoms with Gasteiger partial charge < -0.3 is 19.8 Å². The number of nitrogens with two attached hydrogens (primary N) is 1.